The Balaban J connectivity index is 2.21. The van der Waals surface area contributed by atoms with Crippen LogP contribution in [0.15, 0.2) is 11.4 Å². The van der Waals surface area contributed by atoms with Crippen LogP contribution >= 0.6 is 11.3 Å². The molecule has 1 atom stereocenters. The number of thiophene rings is 1. The number of likely N-dealkylation sites (tertiary alicyclic amines) is 1. The average molecular weight is 323 g/mol. The first-order chi connectivity index (χ1) is 9.71. The zero-order valence-corrected chi connectivity index (χ0v) is 11.8. The molecular weight excluding hydrogens is 311 g/mol. The first-order valence-corrected chi connectivity index (χ1v) is 6.81. The van der Waals surface area contributed by atoms with Crippen molar-refractivity contribution >= 4 is 23.2 Å². The van der Waals surface area contributed by atoms with Crippen LogP contribution in [0, 0.1) is 5.41 Å². The summed E-state index contributed by atoms with van der Waals surface area (Å²) in [5, 5.41) is 10.5. The minimum absolute atomic E-state index is 0.218. The Morgan fingerprint density at radius 3 is 2.57 bits per heavy atom. The van der Waals surface area contributed by atoms with Crippen LogP contribution in [0.2, 0.25) is 0 Å². The van der Waals surface area contributed by atoms with Gasteiger partial charge in [0.15, 0.2) is 5.41 Å². The number of carbonyl (C=O) groups is 2. The van der Waals surface area contributed by atoms with Gasteiger partial charge in [-0.2, -0.15) is 13.2 Å². The average Bonchev–Trinajstić information content (AvgIpc) is 3.04. The van der Waals surface area contributed by atoms with E-state index in [4.69, 9.17) is 9.84 Å². The van der Waals surface area contributed by atoms with E-state index in [1.807, 2.05) is 0 Å². The van der Waals surface area contributed by atoms with Crippen molar-refractivity contribution < 1.29 is 32.6 Å². The molecule has 0 aromatic carbocycles. The van der Waals surface area contributed by atoms with Gasteiger partial charge in [0.1, 0.15) is 5.75 Å². The van der Waals surface area contributed by atoms with E-state index in [0.29, 0.717) is 5.75 Å². The van der Waals surface area contributed by atoms with Gasteiger partial charge in [0.2, 0.25) is 0 Å². The van der Waals surface area contributed by atoms with Crippen molar-refractivity contribution in [1.82, 2.24) is 4.90 Å². The fourth-order valence-corrected chi connectivity index (χ4v) is 3.03. The molecule has 21 heavy (non-hydrogen) atoms. The number of methoxy groups -OCH3 is 1. The molecule has 1 saturated heterocycles. The van der Waals surface area contributed by atoms with Crippen LogP contribution < -0.4 is 4.74 Å². The van der Waals surface area contributed by atoms with Crippen LogP contribution in [0.4, 0.5) is 13.2 Å². The van der Waals surface area contributed by atoms with Gasteiger partial charge in [-0.25, -0.2) is 0 Å². The van der Waals surface area contributed by atoms with Crippen LogP contribution in [-0.4, -0.2) is 48.3 Å². The molecule has 0 saturated carbocycles. The summed E-state index contributed by atoms with van der Waals surface area (Å²) in [6, 6.07) is 1.42. The number of hydrogen-bond donors (Lipinski definition) is 1. The summed E-state index contributed by atoms with van der Waals surface area (Å²) < 4.78 is 44.0. The molecule has 1 N–H and O–H groups in total. The maximum atomic E-state index is 13.0. The van der Waals surface area contributed by atoms with Crippen molar-refractivity contribution in [3.05, 3.63) is 16.3 Å². The SMILES string of the molecule is COc1csc(C(=O)N2CCC(C(=O)O)(C(F)(F)F)C2)c1. The predicted molar refractivity (Wildman–Crippen MR) is 67.5 cm³/mol. The number of amides is 1. The van der Waals surface area contributed by atoms with Crippen molar-refractivity contribution in [3.63, 3.8) is 0 Å². The summed E-state index contributed by atoms with van der Waals surface area (Å²) in [5.41, 5.74) is -2.88. The van der Waals surface area contributed by atoms with E-state index in [2.05, 4.69) is 0 Å². The summed E-state index contributed by atoms with van der Waals surface area (Å²) in [6.07, 6.45) is -5.54. The number of aliphatic carboxylic acids is 1. The Morgan fingerprint density at radius 2 is 2.14 bits per heavy atom. The summed E-state index contributed by atoms with van der Waals surface area (Å²) >= 11 is 1.04. The first kappa shape index (κ1) is 15.6. The van der Waals surface area contributed by atoms with Crippen molar-refractivity contribution in [2.24, 2.45) is 5.41 Å². The number of hydrogen-bond acceptors (Lipinski definition) is 4. The highest BCUT2D eigenvalue weighted by molar-refractivity contribution is 7.12. The minimum Gasteiger partial charge on any atom is -0.496 e. The Labute approximate surface area is 121 Å². The van der Waals surface area contributed by atoms with Crippen LogP contribution in [0.5, 0.6) is 5.75 Å². The number of nitrogens with zero attached hydrogens (tertiary/aromatic N) is 1. The fraction of sp³-hybridized carbons (Fsp3) is 0.500. The molecule has 1 fully saturated rings. The summed E-state index contributed by atoms with van der Waals surface area (Å²) in [4.78, 5) is 24.3. The van der Waals surface area contributed by atoms with Gasteiger partial charge in [0.05, 0.1) is 12.0 Å². The van der Waals surface area contributed by atoms with Gasteiger partial charge in [0, 0.05) is 24.5 Å². The molecule has 9 heteroatoms. The number of ether oxygens (including phenoxy) is 1. The molecule has 1 unspecified atom stereocenters. The van der Waals surface area contributed by atoms with Crippen LogP contribution in [-0.2, 0) is 4.79 Å². The lowest BCUT2D eigenvalue weighted by Crippen LogP contribution is -2.47. The molecule has 2 rings (SSSR count). The normalized spacial score (nSPS) is 22.4. The molecule has 1 aliphatic heterocycles. The van der Waals surface area contributed by atoms with E-state index in [-0.39, 0.29) is 11.4 Å². The molecule has 2 heterocycles. The summed E-state index contributed by atoms with van der Waals surface area (Å²) in [6.45, 7) is -1.12. The molecule has 116 valence electrons. The highest BCUT2D eigenvalue weighted by Gasteiger charge is 2.64. The quantitative estimate of drug-likeness (QED) is 0.926. The van der Waals surface area contributed by atoms with Crippen LogP contribution in [0.25, 0.3) is 0 Å². The number of alkyl halides is 3. The Kier molecular flexibility index (Phi) is 3.87. The van der Waals surface area contributed by atoms with Gasteiger partial charge in [-0.3, -0.25) is 9.59 Å². The smallest absolute Gasteiger partial charge is 0.406 e. The van der Waals surface area contributed by atoms with E-state index in [1.54, 1.807) is 5.38 Å². The third-order valence-electron chi connectivity index (χ3n) is 3.53. The molecule has 1 aromatic heterocycles. The second-order valence-corrected chi connectivity index (χ2v) is 5.62. The van der Waals surface area contributed by atoms with E-state index in [9.17, 15) is 22.8 Å². The number of rotatable bonds is 3. The topological polar surface area (TPSA) is 66.8 Å². The van der Waals surface area contributed by atoms with Gasteiger partial charge >= 0.3 is 12.1 Å². The summed E-state index contributed by atoms with van der Waals surface area (Å²) in [7, 11) is 1.41. The minimum atomic E-state index is -4.90. The van der Waals surface area contributed by atoms with Gasteiger partial charge in [0.25, 0.3) is 5.91 Å². The summed E-state index contributed by atoms with van der Waals surface area (Å²) in [5.74, 6) is -2.13. The number of halogens is 3. The van der Waals surface area contributed by atoms with Crippen molar-refractivity contribution in [2.75, 3.05) is 20.2 Å². The number of carbonyl (C=O) groups excluding carboxylic acids is 1. The fourth-order valence-electron chi connectivity index (χ4n) is 2.20. The Morgan fingerprint density at radius 1 is 1.48 bits per heavy atom. The molecule has 1 amide bonds. The molecule has 0 bridgehead atoms. The third kappa shape index (κ3) is 2.57. The van der Waals surface area contributed by atoms with Crippen LogP contribution in [0.1, 0.15) is 16.1 Å². The molecule has 1 aromatic rings. The molecule has 0 radical (unpaired) electrons. The van der Waals surface area contributed by atoms with E-state index >= 15 is 0 Å². The van der Waals surface area contributed by atoms with Gasteiger partial charge in [-0.15, -0.1) is 11.3 Å². The lowest BCUT2D eigenvalue weighted by Gasteiger charge is -2.27. The molecule has 5 nitrogen and oxygen atoms in total. The highest BCUT2D eigenvalue weighted by atomic mass is 32.1. The first-order valence-electron chi connectivity index (χ1n) is 5.93. The zero-order chi connectivity index (χ0) is 15.8. The van der Waals surface area contributed by atoms with E-state index in [1.165, 1.54) is 13.2 Å². The second kappa shape index (κ2) is 5.21. The predicted octanol–water partition coefficient (Wildman–Crippen LogP) is 2.24. The highest BCUT2D eigenvalue weighted by Crippen LogP contribution is 2.46. The molecule has 0 aliphatic carbocycles. The number of carboxylic acid groups (broad SMARTS) is 1. The lowest BCUT2D eigenvalue weighted by molar-refractivity contribution is -0.227. The maximum absolute atomic E-state index is 13.0. The van der Waals surface area contributed by atoms with E-state index < -0.39 is 36.4 Å². The van der Waals surface area contributed by atoms with Crippen molar-refractivity contribution in [2.45, 2.75) is 12.6 Å². The standard InChI is InChI=1S/C12H12F3NO4S/c1-20-7-4-8(21-5-7)9(17)16-3-2-11(6-16,10(18)19)12(13,14)15/h4-5H,2-3,6H2,1H3,(H,18,19). The lowest BCUT2D eigenvalue weighted by atomic mass is 9.86. The molecular formula is C12H12F3NO4S. The van der Waals surface area contributed by atoms with Crippen molar-refractivity contribution in [3.8, 4) is 5.75 Å². The maximum Gasteiger partial charge on any atom is 0.406 e. The van der Waals surface area contributed by atoms with E-state index in [0.717, 1.165) is 16.2 Å². The zero-order valence-electron chi connectivity index (χ0n) is 10.9. The van der Waals surface area contributed by atoms with Gasteiger partial charge < -0.3 is 14.7 Å². The largest absolute Gasteiger partial charge is 0.496 e. The monoisotopic (exact) mass is 323 g/mol. The van der Waals surface area contributed by atoms with Gasteiger partial charge in [-0.05, 0) is 6.42 Å². The van der Waals surface area contributed by atoms with Crippen LogP contribution in [0.3, 0.4) is 0 Å². The Bertz CT molecular complexity index is 571. The number of carboxylic acids is 1. The van der Waals surface area contributed by atoms with Crippen molar-refractivity contribution in [1.29, 1.82) is 0 Å². The third-order valence-corrected chi connectivity index (χ3v) is 4.43. The molecule has 1 aliphatic rings. The van der Waals surface area contributed by atoms with Gasteiger partial charge in [-0.1, -0.05) is 0 Å². The molecule has 0 spiro atoms. The Hall–Kier alpha value is -1.77. The second-order valence-electron chi connectivity index (χ2n) is 4.71.